The summed E-state index contributed by atoms with van der Waals surface area (Å²) in [5, 5.41) is 9.06. The van der Waals surface area contributed by atoms with Crippen LogP contribution in [0.4, 0.5) is 0 Å². The van der Waals surface area contributed by atoms with Crippen molar-refractivity contribution in [2.75, 3.05) is 6.61 Å². The highest BCUT2D eigenvalue weighted by Gasteiger charge is 2.47. The van der Waals surface area contributed by atoms with E-state index in [9.17, 15) is 0 Å². The van der Waals surface area contributed by atoms with Crippen LogP contribution in [-0.2, 0) is 0 Å². The summed E-state index contributed by atoms with van der Waals surface area (Å²) < 4.78 is 0. The minimum absolute atomic E-state index is 0.180. The maximum absolute atomic E-state index is 9.06. The second-order valence-corrected chi connectivity index (χ2v) is 8.36. The molecule has 120 valence electrons. The van der Waals surface area contributed by atoms with Crippen molar-refractivity contribution >= 4 is 0 Å². The maximum atomic E-state index is 9.06. The molecule has 21 heavy (non-hydrogen) atoms. The Morgan fingerprint density at radius 3 is 2.76 bits per heavy atom. The van der Waals surface area contributed by atoms with Crippen molar-refractivity contribution in [2.24, 2.45) is 22.7 Å². The zero-order valence-corrected chi connectivity index (χ0v) is 14.7. The predicted octanol–water partition coefficient (Wildman–Crippen LogP) is 5.50. The molecule has 0 saturated heterocycles. The van der Waals surface area contributed by atoms with Crippen LogP contribution in [0.2, 0.25) is 0 Å². The molecule has 2 aliphatic rings. The first-order valence-electron chi connectivity index (χ1n) is 8.78. The molecule has 3 atom stereocenters. The quantitative estimate of drug-likeness (QED) is 0.677. The molecule has 1 fully saturated rings. The van der Waals surface area contributed by atoms with Crippen molar-refractivity contribution in [3.8, 4) is 0 Å². The SMILES string of the molecule is CC(=CCO)CC[C@@]1(C)[C@@H]2CCCC(C)(C)C2=CC[C@@H]1C. The molecule has 0 aromatic heterocycles. The lowest BCUT2D eigenvalue weighted by Gasteiger charge is -2.53. The molecule has 0 spiro atoms. The molecule has 0 bridgehead atoms. The van der Waals surface area contributed by atoms with E-state index >= 15 is 0 Å². The van der Waals surface area contributed by atoms with E-state index in [1.807, 2.05) is 6.08 Å². The second kappa shape index (κ2) is 6.28. The van der Waals surface area contributed by atoms with E-state index in [1.54, 1.807) is 5.57 Å². The first-order chi connectivity index (χ1) is 9.81. The van der Waals surface area contributed by atoms with Gasteiger partial charge in [-0.15, -0.1) is 0 Å². The number of aliphatic hydroxyl groups excluding tert-OH is 1. The van der Waals surface area contributed by atoms with Gasteiger partial charge in [0.2, 0.25) is 0 Å². The number of hydrogen-bond donors (Lipinski definition) is 1. The fourth-order valence-corrected chi connectivity index (χ4v) is 4.68. The van der Waals surface area contributed by atoms with E-state index in [-0.39, 0.29) is 6.61 Å². The van der Waals surface area contributed by atoms with Crippen molar-refractivity contribution in [1.29, 1.82) is 0 Å². The number of aliphatic hydroxyl groups is 1. The number of hydrogen-bond acceptors (Lipinski definition) is 1. The first-order valence-corrected chi connectivity index (χ1v) is 8.78. The predicted molar refractivity (Wildman–Crippen MR) is 91.2 cm³/mol. The molecular formula is C20H34O. The van der Waals surface area contributed by atoms with Gasteiger partial charge in [0.15, 0.2) is 0 Å². The minimum Gasteiger partial charge on any atom is -0.392 e. The van der Waals surface area contributed by atoms with Gasteiger partial charge in [0.25, 0.3) is 0 Å². The lowest BCUT2D eigenvalue weighted by atomic mass is 9.52. The summed E-state index contributed by atoms with van der Waals surface area (Å²) in [7, 11) is 0. The Bertz CT molecular complexity index is 429. The number of fused-ring (bicyclic) bond motifs is 1. The fraction of sp³-hybridized carbons (Fsp3) is 0.800. The van der Waals surface area contributed by atoms with Crippen molar-refractivity contribution in [2.45, 2.75) is 73.1 Å². The topological polar surface area (TPSA) is 20.2 Å². The molecule has 0 aliphatic heterocycles. The normalized spacial score (nSPS) is 36.1. The van der Waals surface area contributed by atoms with Crippen LogP contribution in [-0.4, -0.2) is 11.7 Å². The molecular weight excluding hydrogens is 256 g/mol. The Balaban J connectivity index is 2.21. The van der Waals surface area contributed by atoms with Crippen LogP contribution in [0.1, 0.15) is 73.1 Å². The Morgan fingerprint density at radius 1 is 1.38 bits per heavy atom. The Morgan fingerprint density at radius 2 is 2.10 bits per heavy atom. The molecule has 1 saturated carbocycles. The highest BCUT2D eigenvalue weighted by molar-refractivity contribution is 5.25. The van der Waals surface area contributed by atoms with E-state index in [4.69, 9.17) is 5.11 Å². The monoisotopic (exact) mass is 290 g/mol. The van der Waals surface area contributed by atoms with Crippen molar-refractivity contribution in [3.63, 3.8) is 0 Å². The molecule has 0 amide bonds. The molecule has 1 N–H and O–H groups in total. The summed E-state index contributed by atoms with van der Waals surface area (Å²) in [5.41, 5.74) is 3.92. The minimum atomic E-state index is 0.180. The summed E-state index contributed by atoms with van der Waals surface area (Å²) in [5.74, 6) is 1.54. The third kappa shape index (κ3) is 3.28. The Kier molecular flexibility index (Phi) is 5.03. The Hall–Kier alpha value is -0.560. The van der Waals surface area contributed by atoms with Gasteiger partial charge in [0.1, 0.15) is 0 Å². The van der Waals surface area contributed by atoms with Crippen LogP contribution in [0, 0.1) is 22.7 Å². The highest BCUT2D eigenvalue weighted by Crippen LogP contribution is 2.58. The highest BCUT2D eigenvalue weighted by atomic mass is 16.2. The maximum Gasteiger partial charge on any atom is 0.0614 e. The average molecular weight is 290 g/mol. The molecule has 0 aromatic carbocycles. The summed E-state index contributed by atoms with van der Waals surface area (Å²) in [6.45, 7) is 12.2. The summed E-state index contributed by atoms with van der Waals surface area (Å²) >= 11 is 0. The van der Waals surface area contributed by atoms with Crippen LogP contribution in [0.25, 0.3) is 0 Å². The molecule has 2 aliphatic carbocycles. The van der Waals surface area contributed by atoms with Gasteiger partial charge in [0, 0.05) is 0 Å². The van der Waals surface area contributed by atoms with E-state index < -0.39 is 0 Å². The van der Waals surface area contributed by atoms with Crippen LogP contribution in [0.5, 0.6) is 0 Å². The molecule has 1 nitrogen and oxygen atoms in total. The summed E-state index contributed by atoms with van der Waals surface area (Å²) in [6.07, 6.45) is 12.3. The van der Waals surface area contributed by atoms with Crippen molar-refractivity contribution in [3.05, 3.63) is 23.3 Å². The lowest BCUT2D eigenvalue weighted by Crippen LogP contribution is -2.43. The van der Waals surface area contributed by atoms with Crippen LogP contribution in [0.3, 0.4) is 0 Å². The van der Waals surface area contributed by atoms with Gasteiger partial charge in [-0.1, -0.05) is 57.4 Å². The first kappa shape index (κ1) is 16.8. The molecule has 2 rings (SSSR count). The molecule has 1 heteroatoms. The van der Waals surface area contributed by atoms with Gasteiger partial charge >= 0.3 is 0 Å². The van der Waals surface area contributed by atoms with Gasteiger partial charge in [-0.3, -0.25) is 0 Å². The lowest BCUT2D eigenvalue weighted by molar-refractivity contribution is 0.0583. The Labute approximate surface area is 131 Å². The summed E-state index contributed by atoms with van der Waals surface area (Å²) in [4.78, 5) is 0. The smallest absolute Gasteiger partial charge is 0.0614 e. The van der Waals surface area contributed by atoms with Gasteiger partial charge in [-0.05, 0) is 61.7 Å². The molecule has 0 aromatic rings. The van der Waals surface area contributed by atoms with Crippen molar-refractivity contribution < 1.29 is 5.11 Å². The van der Waals surface area contributed by atoms with Crippen molar-refractivity contribution in [1.82, 2.24) is 0 Å². The van der Waals surface area contributed by atoms with Crippen LogP contribution >= 0.6 is 0 Å². The summed E-state index contributed by atoms with van der Waals surface area (Å²) in [6, 6.07) is 0. The third-order valence-electron chi connectivity index (χ3n) is 6.56. The second-order valence-electron chi connectivity index (χ2n) is 8.36. The largest absolute Gasteiger partial charge is 0.392 e. The van der Waals surface area contributed by atoms with Crippen LogP contribution < -0.4 is 0 Å². The zero-order chi connectivity index (χ0) is 15.7. The van der Waals surface area contributed by atoms with Gasteiger partial charge in [-0.2, -0.15) is 0 Å². The zero-order valence-electron chi connectivity index (χ0n) is 14.7. The van der Waals surface area contributed by atoms with Gasteiger partial charge < -0.3 is 5.11 Å². The van der Waals surface area contributed by atoms with Crippen LogP contribution in [0.15, 0.2) is 23.3 Å². The standard InChI is InChI=1S/C20H34O/c1-15(11-14-21)10-13-20(5)16(2)8-9-17-18(20)7-6-12-19(17,3)4/h9,11,16,18,21H,6-8,10,12-14H2,1-5H3/t16-,18+,20+/m0/s1. The number of allylic oxidation sites excluding steroid dienone is 3. The van der Waals surface area contributed by atoms with E-state index in [0.717, 1.165) is 18.3 Å². The van der Waals surface area contributed by atoms with Gasteiger partial charge in [-0.25, -0.2) is 0 Å². The van der Waals surface area contributed by atoms with Gasteiger partial charge in [0.05, 0.1) is 6.61 Å². The van der Waals surface area contributed by atoms with E-state index in [1.165, 1.54) is 37.7 Å². The van der Waals surface area contributed by atoms with E-state index in [2.05, 4.69) is 40.7 Å². The molecule has 0 unspecified atom stereocenters. The van der Waals surface area contributed by atoms with E-state index in [0.29, 0.717) is 10.8 Å². The third-order valence-corrected chi connectivity index (χ3v) is 6.56. The number of rotatable bonds is 4. The fourth-order valence-electron chi connectivity index (χ4n) is 4.68. The average Bonchev–Trinajstić information content (AvgIpc) is 2.41. The molecule has 0 heterocycles. The molecule has 0 radical (unpaired) electrons.